The van der Waals surface area contributed by atoms with Gasteiger partial charge in [-0.15, -0.1) is 0 Å². The Kier molecular flexibility index (Phi) is 2.06. The minimum atomic E-state index is -0.981. The van der Waals surface area contributed by atoms with Crippen LogP contribution in [0.25, 0.3) is 0 Å². The van der Waals surface area contributed by atoms with Gasteiger partial charge in [0.2, 0.25) is 0 Å². The zero-order valence-corrected chi connectivity index (χ0v) is 7.25. The number of nitrogens with zero attached hydrogens (tertiary/aromatic N) is 2. The first-order chi connectivity index (χ1) is 6.77. The number of aromatic nitrogens is 2. The second kappa shape index (κ2) is 3.37. The molecule has 2 aromatic rings. The lowest BCUT2D eigenvalue weighted by Gasteiger charge is -2.00. The molecule has 2 rings (SSSR count). The summed E-state index contributed by atoms with van der Waals surface area (Å²) in [5, 5.41) is 12.7. The zero-order valence-electron chi connectivity index (χ0n) is 7.25. The highest BCUT2D eigenvalue weighted by molar-refractivity contribution is 5.85. The van der Waals surface area contributed by atoms with E-state index in [1.165, 1.54) is 16.9 Å². The van der Waals surface area contributed by atoms with Gasteiger partial charge in [0.25, 0.3) is 0 Å². The number of carbonyl (C=O) groups is 1. The van der Waals surface area contributed by atoms with Crippen LogP contribution in [0.15, 0.2) is 35.3 Å². The smallest absolute Gasteiger partial charge is 0.354 e. The first kappa shape index (κ1) is 8.55. The lowest BCUT2D eigenvalue weighted by atomic mass is 10.3. The second-order valence-electron chi connectivity index (χ2n) is 2.81. The van der Waals surface area contributed by atoms with Gasteiger partial charge in [0.15, 0.2) is 0 Å². The first-order valence-electron chi connectivity index (χ1n) is 4.03. The second-order valence-corrected chi connectivity index (χ2v) is 2.81. The normalized spacial score (nSPS) is 10.3. The summed E-state index contributed by atoms with van der Waals surface area (Å²) in [6.45, 7) is 0.408. The molecule has 0 fully saturated rings. The molecule has 72 valence electrons. The van der Waals surface area contributed by atoms with Crippen molar-refractivity contribution < 1.29 is 14.3 Å². The molecule has 0 saturated carbocycles. The van der Waals surface area contributed by atoms with Gasteiger partial charge in [-0.2, -0.15) is 5.10 Å². The van der Waals surface area contributed by atoms with Crippen LogP contribution in [0.5, 0.6) is 0 Å². The highest BCUT2D eigenvalue weighted by Crippen LogP contribution is 2.05. The van der Waals surface area contributed by atoms with E-state index in [2.05, 4.69) is 5.10 Å². The highest BCUT2D eigenvalue weighted by atomic mass is 16.4. The van der Waals surface area contributed by atoms with Crippen molar-refractivity contribution in [3.63, 3.8) is 0 Å². The third-order valence-electron chi connectivity index (χ3n) is 1.85. The molecule has 0 spiro atoms. The quantitative estimate of drug-likeness (QED) is 0.793. The summed E-state index contributed by atoms with van der Waals surface area (Å²) >= 11 is 0. The van der Waals surface area contributed by atoms with Crippen molar-refractivity contribution in [2.45, 2.75) is 6.54 Å². The molecule has 2 heterocycles. The largest absolute Gasteiger partial charge is 0.477 e. The Bertz CT molecular complexity index is 431. The standard InChI is InChI=1S/C9H8N2O3/c12-9(13)8-1-3-10-11(8)5-7-2-4-14-6-7/h1-4,6H,5H2,(H,12,13). The summed E-state index contributed by atoms with van der Waals surface area (Å²) in [5.74, 6) is -0.981. The van der Waals surface area contributed by atoms with Gasteiger partial charge in [0.1, 0.15) is 5.69 Å². The number of furan rings is 1. The average Bonchev–Trinajstić information content (AvgIpc) is 2.75. The Morgan fingerprint density at radius 2 is 2.43 bits per heavy atom. The zero-order chi connectivity index (χ0) is 9.97. The minimum Gasteiger partial charge on any atom is -0.477 e. The lowest BCUT2D eigenvalue weighted by Crippen LogP contribution is -2.10. The Morgan fingerprint density at radius 3 is 3.07 bits per heavy atom. The number of hydrogen-bond donors (Lipinski definition) is 1. The van der Waals surface area contributed by atoms with Crippen molar-refractivity contribution in [3.05, 3.63) is 42.1 Å². The van der Waals surface area contributed by atoms with E-state index in [0.717, 1.165) is 5.56 Å². The van der Waals surface area contributed by atoms with Crippen LogP contribution in [-0.2, 0) is 6.54 Å². The molecule has 5 heteroatoms. The van der Waals surface area contributed by atoms with Crippen LogP contribution in [0.3, 0.4) is 0 Å². The van der Waals surface area contributed by atoms with E-state index in [4.69, 9.17) is 9.52 Å². The molecule has 0 saturated heterocycles. The van der Waals surface area contributed by atoms with E-state index in [1.54, 1.807) is 18.6 Å². The summed E-state index contributed by atoms with van der Waals surface area (Å²) in [4.78, 5) is 10.7. The van der Waals surface area contributed by atoms with Gasteiger partial charge in [-0.1, -0.05) is 0 Å². The summed E-state index contributed by atoms with van der Waals surface area (Å²) < 4.78 is 6.28. The van der Waals surface area contributed by atoms with E-state index >= 15 is 0 Å². The van der Waals surface area contributed by atoms with E-state index in [9.17, 15) is 4.79 Å². The molecular weight excluding hydrogens is 184 g/mol. The third-order valence-corrected chi connectivity index (χ3v) is 1.85. The van der Waals surface area contributed by atoms with Crippen molar-refractivity contribution in [3.8, 4) is 0 Å². The van der Waals surface area contributed by atoms with E-state index in [-0.39, 0.29) is 5.69 Å². The molecular formula is C9H8N2O3. The molecule has 0 aliphatic heterocycles. The topological polar surface area (TPSA) is 68.3 Å². The van der Waals surface area contributed by atoms with Gasteiger partial charge in [0, 0.05) is 11.8 Å². The van der Waals surface area contributed by atoms with Crippen LogP contribution in [0.1, 0.15) is 16.1 Å². The Labute approximate surface area is 79.6 Å². The Morgan fingerprint density at radius 1 is 1.57 bits per heavy atom. The molecule has 0 atom stereocenters. The Balaban J connectivity index is 2.25. The monoisotopic (exact) mass is 192 g/mol. The molecule has 0 unspecified atom stereocenters. The molecule has 0 aliphatic rings. The molecule has 5 nitrogen and oxygen atoms in total. The summed E-state index contributed by atoms with van der Waals surface area (Å²) in [7, 11) is 0. The SMILES string of the molecule is O=C(O)c1ccnn1Cc1ccoc1. The average molecular weight is 192 g/mol. The van der Waals surface area contributed by atoms with Crippen molar-refractivity contribution in [2.24, 2.45) is 0 Å². The number of carboxylic acid groups (broad SMARTS) is 1. The van der Waals surface area contributed by atoms with Crippen molar-refractivity contribution >= 4 is 5.97 Å². The van der Waals surface area contributed by atoms with Crippen molar-refractivity contribution in [2.75, 3.05) is 0 Å². The van der Waals surface area contributed by atoms with Crippen LogP contribution in [0, 0.1) is 0 Å². The van der Waals surface area contributed by atoms with Crippen molar-refractivity contribution in [1.82, 2.24) is 9.78 Å². The van der Waals surface area contributed by atoms with Crippen LogP contribution >= 0.6 is 0 Å². The maximum atomic E-state index is 10.7. The maximum Gasteiger partial charge on any atom is 0.354 e. The molecule has 1 N–H and O–H groups in total. The summed E-state index contributed by atoms with van der Waals surface area (Å²) in [5.41, 5.74) is 1.06. The highest BCUT2D eigenvalue weighted by Gasteiger charge is 2.10. The molecule has 0 bridgehead atoms. The van der Waals surface area contributed by atoms with Gasteiger partial charge < -0.3 is 9.52 Å². The molecule has 0 aliphatic carbocycles. The van der Waals surface area contributed by atoms with Crippen LogP contribution in [0.4, 0.5) is 0 Å². The van der Waals surface area contributed by atoms with E-state index in [0.29, 0.717) is 6.54 Å². The molecule has 14 heavy (non-hydrogen) atoms. The predicted molar refractivity (Wildman–Crippen MR) is 47.0 cm³/mol. The fraction of sp³-hybridized carbons (Fsp3) is 0.111. The van der Waals surface area contributed by atoms with Crippen molar-refractivity contribution in [1.29, 1.82) is 0 Å². The summed E-state index contributed by atoms with van der Waals surface area (Å²) in [6.07, 6.45) is 4.57. The molecule has 0 aromatic carbocycles. The fourth-order valence-electron chi connectivity index (χ4n) is 1.20. The van der Waals surface area contributed by atoms with Gasteiger partial charge in [-0.05, 0) is 12.1 Å². The lowest BCUT2D eigenvalue weighted by molar-refractivity contribution is 0.0684. The summed E-state index contributed by atoms with van der Waals surface area (Å²) in [6, 6.07) is 3.23. The number of hydrogen-bond acceptors (Lipinski definition) is 3. The van der Waals surface area contributed by atoms with Crippen LogP contribution < -0.4 is 0 Å². The van der Waals surface area contributed by atoms with E-state index < -0.39 is 5.97 Å². The van der Waals surface area contributed by atoms with E-state index in [1.807, 2.05) is 0 Å². The minimum absolute atomic E-state index is 0.172. The molecule has 0 radical (unpaired) electrons. The fourth-order valence-corrected chi connectivity index (χ4v) is 1.20. The number of rotatable bonds is 3. The Hall–Kier alpha value is -2.04. The van der Waals surface area contributed by atoms with Crippen LogP contribution in [-0.4, -0.2) is 20.9 Å². The van der Waals surface area contributed by atoms with Gasteiger partial charge in [-0.3, -0.25) is 4.68 Å². The molecule has 0 amide bonds. The van der Waals surface area contributed by atoms with Gasteiger partial charge in [0.05, 0.1) is 19.1 Å². The van der Waals surface area contributed by atoms with Crippen LogP contribution in [0.2, 0.25) is 0 Å². The predicted octanol–water partition coefficient (Wildman–Crippen LogP) is 1.22. The van der Waals surface area contributed by atoms with Gasteiger partial charge >= 0.3 is 5.97 Å². The third kappa shape index (κ3) is 1.52. The molecule has 2 aromatic heterocycles. The maximum absolute atomic E-state index is 10.7. The first-order valence-corrected chi connectivity index (χ1v) is 4.03. The number of carboxylic acids is 1. The van der Waals surface area contributed by atoms with Gasteiger partial charge in [-0.25, -0.2) is 4.79 Å². The number of aromatic carboxylic acids is 1.